The molecule has 0 unspecified atom stereocenters. The van der Waals surface area contributed by atoms with Crippen molar-refractivity contribution < 1.29 is 9.84 Å². The number of likely N-dealkylation sites (tertiary alicyclic amines) is 1. The molecule has 1 aliphatic heterocycles. The summed E-state index contributed by atoms with van der Waals surface area (Å²) in [6, 6.07) is 14.8. The minimum atomic E-state index is 0.429. The predicted molar refractivity (Wildman–Crippen MR) is 112 cm³/mol. The Morgan fingerprint density at radius 3 is 2.11 bits per heavy atom. The lowest BCUT2D eigenvalue weighted by molar-refractivity contribution is 0.323. The maximum Gasteiger partial charge on any atom is 0.120 e. The van der Waals surface area contributed by atoms with Gasteiger partial charge in [-0.1, -0.05) is 38.1 Å². The first-order chi connectivity index (χ1) is 13.2. The van der Waals surface area contributed by atoms with Gasteiger partial charge in [0.25, 0.3) is 0 Å². The molecule has 0 radical (unpaired) electrons. The van der Waals surface area contributed by atoms with E-state index < -0.39 is 0 Å². The number of methoxy groups -OCH3 is 1. The Labute approximate surface area is 164 Å². The first-order valence-electron chi connectivity index (χ1n) is 10.3. The number of aromatic hydroxyl groups is 1. The van der Waals surface area contributed by atoms with Crippen LogP contribution in [0.25, 0.3) is 0 Å². The smallest absolute Gasteiger partial charge is 0.120 e. The number of hydrogen-bond donors (Lipinski definition) is 1. The number of phenols is 1. The molecule has 0 saturated carbocycles. The van der Waals surface area contributed by atoms with Crippen LogP contribution in [0.2, 0.25) is 0 Å². The molecule has 0 aliphatic carbocycles. The number of benzene rings is 2. The maximum absolute atomic E-state index is 10.4. The third-order valence-corrected chi connectivity index (χ3v) is 6.03. The second kappa shape index (κ2) is 9.27. The van der Waals surface area contributed by atoms with E-state index >= 15 is 0 Å². The lowest BCUT2D eigenvalue weighted by Gasteiger charge is -2.27. The Kier molecular flexibility index (Phi) is 6.78. The lowest BCUT2D eigenvalue weighted by Crippen LogP contribution is -2.19. The molecule has 146 valence electrons. The van der Waals surface area contributed by atoms with E-state index in [4.69, 9.17) is 4.74 Å². The van der Waals surface area contributed by atoms with Crippen LogP contribution in [0.15, 0.2) is 42.5 Å². The van der Waals surface area contributed by atoms with Crippen LogP contribution >= 0.6 is 0 Å². The molecule has 1 N–H and O–H groups in total. The highest BCUT2D eigenvalue weighted by atomic mass is 16.5. The van der Waals surface area contributed by atoms with E-state index in [9.17, 15) is 5.11 Å². The summed E-state index contributed by atoms with van der Waals surface area (Å²) >= 11 is 0. The van der Waals surface area contributed by atoms with Crippen LogP contribution in [-0.2, 0) is 6.54 Å². The monoisotopic (exact) mass is 367 g/mol. The van der Waals surface area contributed by atoms with Gasteiger partial charge in [-0.2, -0.15) is 0 Å². The van der Waals surface area contributed by atoms with E-state index in [1.807, 2.05) is 6.07 Å². The molecule has 0 bridgehead atoms. The van der Waals surface area contributed by atoms with Crippen molar-refractivity contribution in [1.29, 1.82) is 0 Å². The highest BCUT2D eigenvalue weighted by Gasteiger charge is 2.23. The van der Waals surface area contributed by atoms with Gasteiger partial charge in [-0.05, 0) is 79.9 Å². The summed E-state index contributed by atoms with van der Waals surface area (Å²) in [5.41, 5.74) is 3.77. The fourth-order valence-corrected chi connectivity index (χ4v) is 4.50. The molecule has 2 aromatic rings. The van der Waals surface area contributed by atoms with Gasteiger partial charge in [0.2, 0.25) is 0 Å². The van der Waals surface area contributed by atoms with Gasteiger partial charge >= 0.3 is 0 Å². The minimum absolute atomic E-state index is 0.429. The average Bonchev–Trinajstić information content (AvgIpc) is 3.21. The number of ether oxygens (including phenoxy) is 1. The van der Waals surface area contributed by atoms with Crippen LogP contribution in [0.1, 0.15) is 68.1 Å². The second-order valence-corrected chi connectivity index (χ2v) is 7.67. The number of nitrogens with zero attached hydrogens (tertiary/aromatic N) is 1. The summed E-state index contributed by atoms with van der Waals surface area (Å²) in [6.07, 6.45) is 4.71. The van der Waals surface area contributed by atoms with Crippen molar-refractivity contribution in [2.24, 2.45) is 0 Å². The molecule has 1 heterocycles. The summed E-state index contributed by atoms with van der Waals surface area (Å²) in [4.78, 5) is 2.45. The van der Waals surface area contributed by atoms with E-state index in [0.29, 0.717) is 17.6 Å². The third-order valence-electron chi connectivity index (χ3n) is 6.03. The van der Waals surface area contributed by atoms with Gasteiger partial charge in [-0.15, -0.1) is 0 Å². The van der Waals surface area contributed by atoms with Crippen molar-refractivity contribution in [2.75, 3.05) is 20.2 Å². The minimum Gasteiger partial charge on any atom is -0.508 e. The molecule has 2 aromatic carbocycles. The second-order valence-electron chi connectivity index (χ2n) is 7.67. The summed E-state index contributed by atoms with van der Waals surface area (Å²) in [5.74, 6) is 2.24. The number of hydrogen-bond acceptors (Lipinski definition) is 3. The Balaban J connectivity index is 1.85. The Morgan fingerprint density at radius 2 is 1.52 bits per heavy atom. The molecule has 3 nitrogen and oxygen atoms in total. The van der Waals surface area contributed by atoms with E-state index in [1.165, 1.54) is 24.0 Å². The van der Waals surface area contributed by atoms with Crippen LogP contribution in [0.4, 0.5) is 0 Å². The Bertz CT molecular complexity index is 720. The van der Waals surface area contributed by atoms with Crippen LogP contribution in [0.3, 0.4) is 0 Å². The van der Waals surface area contributed by atoms with Gasteiger partial charge in [0, 0.05) is 12.1 Å². The average molecular weight is 368 g/mol. The van der Waals surface area contributed by atoms with Crippen molar-refractivity contribution >= 4 is 0 Å². The molecule has 0 spiro atoms. The summed E-state index contributed by atoms with van der Waals surface area (Å²) in [6.45, 7) is 7.68. The van der Waals surface area contributed by atoms with Gasteiger partial charge in [-0.3, -0.25) is 4.90 Å². The Morgan fingerprint density at radius 1 is 0.926 bits per heavy atom. The van der Waals surface area contributed by atoms with Crippen molar-refractivity contribution in [3.63, 3.8) is 0 Å². The molecular formula is C24H33NO2. The fraction of sp³-hybridized carbons (Fsp3) is 0.500. The molecule has 3 rings (SSSR count). The normalized spacial score (nSPS) is 17.0. The molecule has 2 atom stereocenters. The SMILES string of the molecule is CC[C@H](c1ccc(OC)cc1)[C@H](CC)c1ccc(O)c(CN2CCCC2)c1. The van der Waals surface area contributed by atoms with E-state index in [1.54, 1.807) is 7.11 Å². The highest BCUT2D eigenvalue weighted by molar-refractivity contribution is 5.40. The largest absolute Gasteiger partial charge is 0.508 e. The molecule has 1 aliphatic rings. The van der Waals surface area contributed by atoms with Gasteiger partial charge in [0.05, 0.1) is 7.11 Å². The number of phenolic OH excluding ortho intramolecular Hbond substituents is 1. The summed E-state index contributed by atoms with van der Waals surface area (Å²) in [7, 11) is 1.71. The van der Waals surface area contributed by atoms with Crippen LogP contribution in [0.5, 0.6) is 11.5 Å². The van der Waals surface area contributed by atoms with Gasteiger partial charge < -0.3 is 9.84 Å². The third kappa shape index (κ3) is 4.65. The molecule has 27 heavy (non-hydrogen) atoms. The zero-order chi connectivity index (χ0) is 19.2. The van der Waals surface area contributed by atoms with Crippen LogP contribution < -0.4 is 4.74 Å². The van der Waals surface area contributed by atoms with E-state index in [2.05, 4.69) is 55.1 Å². The Hall–Kier alpha value is -2.00. The zero-order valence-electron chi connectivity index (χ0n) is 16.9. The van der Waals surface area contributed by atoms with E-state index in [-0.39, 0.29) is 0 Å². The quantitative estimate of drug-likeness (QED) is 0.651. The van der Waals surface area contributed by atoms with Crippen molar-refractivity contribution in [1.82, 2.24) is 4.90 Å². The zero-order valence-corrected chi connectivity index (χ0v) is 16.9. The fourth-order valence-electron chi connectivity index (χ4n) is 4.50. The topological polar surface area (TPSA) is 32.7 Å². The van der Waals surface area contributed by atoms with Gasteiger partial charge in [-0.25, -0.2) is 0 Å². The molecule has 0 aromatic heterocycles. The summed E-state index contributed by atoms with van der Waals surface area (Å²) in [5, 5.41) is 10.4. The molecular weight excluding hydrogens is 334 g/mol. The van der Waals surface area contributed by atoms with Gasteiger partial charge in [0.15, 0.2) is 0 Å². The summed E-state index contributed by atoms with van der Waals surface area (Å²) < 4.78 is 5.31. The van der Waals surface area contributed by atoms with Crippen molar-refractivity contribution in [2.45, 2.75) is 57.9 Å². The number of rotatable bonds is 8. The van der Waals surface area contributed by atoms with Crippen molar-refractivity contribution in [3.05, 3.63) is 59.2 Å². The maximum atomic E-state index is 10.4. The van der Waals surface area contributed by atoms with Crippen LogP contribution in [0, 0.1) is 0 Å². The van der Waals surface area contributed by atoms with Crippen LogP contribution in [-0.4, -0.2) is 30.2 Å². The van der Waals surface area contributed by atoms with E-state index in [0.717, 1.165) is 43.8 Å². The first-order valence-corrected chi connectivity index (χ1v) is 10.3. The molecule has 1 saturated heterocycles. The standard InChI is InChI=1S/C24H33NO2/c1-4-22(18-8-11-21(27-3)12-9-18)23(5-2)19-10-13-24(26)20(16-19)17-25-14-6-7-15-25/h8-13,16,22-23,26H,4-7,14-15,17H2,1-3H3/t22-,23-/m1/s1. The lowest BCUT2D eigenvalue weighted by atomic mass is 9.78. The molecule has 1 fully saturated rings. The molecule has 0 amide bonds. The van der Waals surface area contributed by atoms with Crippen molar-refractivity contribution in [3.8, 4) is 11.5 Å². The first kappa shape index (κ1) is 19.8. The molecule has 3 heteroatoms. The predicted octanol–water partition coefficient (Wildman–Crippen LogP) is 5.68. The van der Waals surface area contributed by atoms with Gasteiger partial charge in [0.1, 0.15) is 11.5 Å². The highest BCUT2D eigenvalue weighted by Crippen LogP contribution is 2.39.